The van der Waals surface area contributed by atoms with E-state index >= 15 is 0 Å². The smallest absolute Gasteiger partial charge is 0.291 e. The number of benzene rings is 1. The van der Waals surface area contributed by atoms with Gasteiger partial charge in [0.05, 0.1) is 29.1 Å². The zero-order chi connectivity index (χ0) is 31.2. The van der Waals surface area contributed by atoms with Gasteiger partial charge in [-0.15, -0.1) is 0 Å². The molecule has 1 fully saturated rings. The van der Waals surface area contributed by atoms with E-state index in [1.54, 1.807) is 18.0 Å². The second-order valence-electron chi connectivity index (χ2n) is 10.4. The van der Waals surface area contributed by atoms with Gasteiger partial charge in [-0.05, 0) is 18.9 Å². The van der Waals surface area contributed by atoms with Crippen LogP contribution in [0.25, 0.3) is 11.3 Å². The summed E-state index contributed by atoms with van der Waals surface area (Å²) in [5.41, 5.74) is -0.997. The number of amides is 2. The minimum Gasteiger partial charge on any atom is -0.317 e. The predicted octanol–water partition coefficient (Wildman–Crippen LogP) is 4.39. The Balaban J connectivity index is 1.35. The summed E-state index contributed by atoms with van der Waals surface area (Å²) in [4.78, 5) is 52.7. The van der Waals surface area contributed by atoms with Crippen molar-refractivity contribution in [3.63, 3.8) is 0 Å². The standard InChI is InChI=1S/C28H26ClF3N8O3/c1-13-10-40(27(43)14(13)2)28-33-8-16(15(3)35-28)11-39-12-17(9-34-39)36-26(42)25-37-20(7-21(41)38(25)4)22-18(24(31)32)5-6-19(29)23(22)30/h5-9,12-14,24H,10-11H2,1-4H3,(H,36,42)/t13-,14-/m1/s1. The van der Waals surface area contributed by atoms with E-state index < -0.39 is 51.4 Å². The molecule has 15 heteroatoms. The van der Waals surface area contributed by atoms with Crippen molar-refractivity contribution in [2.75, 3.05) is 16.8 Å². The lowest BCUT2D eigenvalue weighted by atomic mass is 10.0. The molecule has 1 N–H and O–H groups in total. The number of rotatable bonds is 7. The number of alkyl halides is 2. The van der Waals surface area contributed by atoms with Crippen LogP contribution in [-0.4, -0.2) is 47.7 Å². The van der Waals surface area contributed by atoms with Crippen LogP contribution >= 0.6 is 11.6 Å². The lowest BCUT2D eigenvalue weighted by molar-refractivity contribution is -0.120. The van der Waals surface area contributed by atoms with Crippen molar-refractivity contribution in [1.82, 2.24) is 29.3 Å². The highest BCUT2D eigenvalue weighted by Crippen LogP contribution is 2.35. The minimum absolute atomic E-state index is 0.0169. The van der Waals surface area contributed by atoms with Gasteiger partial charge in [0.2, 0.25) is 17.7 Å². The summed E-state index contributed by atoms with van der Waals surface area (Å²) in [6.45, 7) is 6.48. The largest absolute Gasteiger partial charge is 0.317 e. The van der Waals surface area contributed by atoms with Crippen LogP contribution in [0.3, 0.4) is 0 Å². The van der Waals surface area contributed by atoms with Crippen molar-refractivity contribution >= 4 is 35.1 Å². The van der Waals surface area contributed by atoms with E-state index in [0.29, 0.717) is 18.2 Å². The van der Waals surface area contributed by atoms with Gasteiger partial charge in [-0.3, -0.25) is 28.5 Å². The van der Waals surface area contributed by atoms with Crippen LogP contribution in [-0.2, 0) is 18.4 Å². The number of nitrogens with one attached hydrogen (secondary N) is 1. The van der Waals surface area contributed by atoms with E-state index in [1.807, 2.05) is 13.8 Å². The molecule has 1 saturated heterocycles. The van der Waals surface area contributed by atoms with Crippen LogP contribution in [0.2, 0.25) is 5.02 Å². The lowest BCUT2D eigenvalue weighted by Gasteiger charge is -2.15. The third-order valence-corrected chi connectivity index (χ3v) is 7.76. The number of hydrogen-bond acceptors (Lipinski definition) is 7. The summed E-state index contributed by atoms with van der Waals surface area (Å²) in [6.07, 6.45) is 1.41. The van der Waals surface area contributed by atoms with Gasteiger partial charge < -0.3 is 5.32 Å². The fourth-order valence-corrected chi connectivity index (χ4v) is 4.88. The van der Waals surface area contributed by atoms with E-state index in [1.165, 1.54) is 24.1 Å². The number of hydrogen-bond donors (Lipinski definition) is 1. The molecule has 0 aliphatic carbocycles. The zero-order valence-electron chi connectivity index (χ0n) is 23.5. The molecule has 2 atom stereocenters. The van der Waals surface area contributed by atoms with E-state index in [-0.39, 0.29) is 30.0 Å². The fraction of sp³-hybridized carbons (Fsp3) is 0.321. The van der Waals surface area contributed by atoms with Crippen LogP contribution in [0.1, 0.15) is 47.7 Å². The van der Waals surface area contributed by atoms with E-state index in [9.17, 15) is 27.6 Å². The Morgan fingerprint density at radius 3 is 2.58 bits per heavy atom. The summed E-state index contributed by atoms with van der Waals surface area (Å²) < 4.78 is 44.5. The Labute approximate surface area is 248 Å². The highest BCUT2D eigenvalue weighted by molar-refractivity contribution is 6.31. The number of anilines is 2. The van der Waals surface area contributed by atoms with Gasteiger partial charge in [0.15, 0.2) is 5.82 Å². The second kappa shape index (κ2) is 11.6. The molecule has 0 bridgehead atoms. The first kappa shape index (κ1) is 29.9. The van der Waals surface area contributed by atoms with Gasteiger partial charge in [-0.1, -0.05) is 31.5 Å². The SMILES string of the molecule is Cc1nc(N2C[C@@H](C)[C@@H](C)C2=O)ncc1Cn1cc(NC(=O)c2nc(-c3c(C(F)F)ccc(Cl)c3F)cc(=O)n2C)cn1. The molecule has 224 valence electrons. The lowest BCUT2D eigenvalue weighted by Crippen LogP contribution is -2.28. The molecule has 2 amide bonds. The number of aromatic nitrogens is 6. The maximum Gasteiger partial charge on any atom is 0.291 e. The predicted molar refractivity (Wildman–Crippen MR) is 152 cm³/mol. The molecule has 1 aliphatic heterocycles. The zero-order valence-corrected chi connectivity index (χ0v) is 24.2. The van der Waals surface area contributed by atoms with Gasteiger partial charge >= 0.3 is 0 Å². The summed E-state index contributed by atoms with van der Waals surface area (Å²) in [7, 11) is 1.27. The van der Waals surface area contributed by atoms with E-state index in [2.05, 4.69) is 25.4 Å². The van der Waals surface area contributed by atoms with Crippen molar-refractivity contribution < 1.29 is 22.8 Å². The van der Waals surface area contributed by atoms with Crippen molar-refractivity contribution in [3.8, 4) is 11.3 Å². The highest BCUT2D eigenvalue weighted by atomic mass is 35.5. The molecule has 4 heterocycles. The molecule has 0 unspecified atom stereocenters. The third kappa shape index (κ3) is 5.74. The van der Waals surface area contributed by atoms with Crippen molar-refractivity contribution in [2.24, 2.45) is 18.9 Å². The molecule has 0 spiro atoms. The van der Waals surface area contributed by atoms with Gasteiger partial charge in [0.1, 0.15) is 0 Å². The van der Waals surface area contributed by atoms with E-state index in [4.69, 9.17) is 11.6 Å². The van der Waals surface area contributed by atoms with Crippen molar-refractivity contribution in [3.05, 3.63) is 80.6 Å². The molecule has 1 aromatic carbocycles. The number of nitrogens with zero attached hydrogens (tertiary/aromatic N) is 7. The first-order valence-electron chi connectivity index (χ1n) is 13.2. The molecule has 43 heavy (non-hydrogen) atoms. The van der Waals surface area contributed by atoms with Crippen LogP contribution < -0.4 is 15.8 Å². The number of aryl methyl sites for hydroxylation is 1. The second-order valence-corrected chi connectivity index (χ2v) is 10.8. The molecule has 3 aromatic heterocycles. The maximum absolute atomic E-state index is 14.8. The van der Waals surface area contributed by atoms with Crippen LogP contribution in [0, 0.1) is 24.6 Å². The van der Waals surface area contributed by atoms with Gasteiger partial charge in [0.25, 0.3) is 17.9 Å². The average molecular weight is 615 g/mol. The molecular formula is C28H26ClF3N8O3. The first-order valence-corrected chi connectivity index (χ1v) is 13.6. The minimum atomic E-state index is -3.09. The van der Waals surface area contributed by atoms with Gasteiger partial charge in [-0.2, -0.15) is 5.10 Å². The number of carbonyl (C=O) groups is 2. The molecule has 1 aliphatic rings. The Hall–Kier alpha value is -4.59. The Kier molecular flexibility index (Phi) is 8.06. The summed E-state index contributed by atoms with van der Waals surface area (Å²) in [5.74, 6) is -2.07. The number of carbonyl (C=O) groups excluding carboxylic acids is 2. The average Bonchev–Trinajstić information content (AvgIpc) is 3.51. The maximum atomic E-state index is 14.8. The van der Waals surface area contributed by atoms with Crippen LogP contribution in [0.15, 0.2) is 41.6 Å². The topological polar surface area (TPSA) is 128 Å². The van der Waals surface area contributed by atoms with Crippen molar-refractivity contribution in [1.29, 1.82) is 0 Å². The fourth-order valence-electron chi connectivity index (χ4n) is 4.73. The number of halogens is 4. The molecule has 0 radical (unpaired) electrons. The Bertz CT molecular complexity index is 1810. The van der Waals surface area contributed by atoms with Crippen LogP contribution in [0.5, 0.6) is 0 Å². The Morgan fingerprint density at radius 1 is 1.19 bits per heavy atom. The highest BCUT2D eigenvalue weighted by Gasteiger charge is 2.36. The Morgan fingerprint density at radius 2 is 1.93 bits per heavy atom. The molecule has 11 nitrogen and oxygen atoms in total. The van der Waals surface area contributed by atoms with Gasteiger partial charge in [-0.25, -0.2) is 28.1 Å². The van der Waals surface area contributed by atoms with Gasteiger partial charge in [0, 0.05) is 60.4 Å². The molecule has 5 rings (SSSR count). The monoisotopic (exact) mass is 614 g/mol. The van der Waals surface area contributed by atoms with Crippen LogP contribution in [0.4, 0.5) is 24.8 Å². The summed E-state index contributed by atoms with van der Waals surface area (Å²) in [6, 6.07) is 2.77. The van der Waals surface area contributed by atoms with E-state index in [0.717, 1.165) is 28.3 Å². The normalized spacial score (nSPS) is 16.8. The third-order valence-electron chi connectivity index (χ3n) is 7.47. The molecule has 4 aromatic rings. The first-order chi connectivity index (χ1) is 20.3. The quantitative estimate of drug-likeness (QED) is 0.327. The summed E-state index contributed by atoms with van der Waals surface area (Å²) in [5, 5.41) is 6.35. The molecule has 0 saturated carbocycles. The summed E-state index contributed by atoms with van der Waals surface area (Å²) >= 11 is 5.80. The molecular weight excluding hydrogens is 589 g/mol. The van der Waals surface area contributed by atoms with Crippen molar-refractivity contribution in [2.45, 2.75) is 33.7 Å².